The number of ether oxygens (including phenoxy) is 2. The molecule has 0 N–H and O–H groups in total. The highest BCUT2D eigenvalue weighted by atomic mass is 16.5. The third-order valence-electron chi connectivity index (χ3n) is 4.47. The lowest BCUT2D eigenvalue weighted by Crippen LogP contribution is -2.39. The molecule has 7 heteroatoms. The highest BCUT2D eigenvalue weighted by Crippen LogP contribution is 2.30. The number of hydrogen-bond acceptors (Lipinski definition) is 5. The predicted octanol–water partition coefficient (Wildman–Crippen LogP) is 2.21. The van der Waals surface area contributed by atoms with E-state index in [1.165, 1.54) is 18.8 Å². The van der Waals surface area contributed by atoms with Crippen molar-refractivity contribution in [2.24, 2.45) is 7.05 Å². The normalized spacial score (nSPS) is 12.1. The van der Waals surface area contributed by atoms with Crippen molar-refractivity contribution >= 4 is 16.9 Å². The first-order chi connectivity index (χ1) is 11.8. The number of fused-ring (bicyclic) bond motifs is 1. The molecule has 0 aliphatic heterocycles. The second-order valence-corrected chi connectivity index (χ2v) is 6.07. The third-order valence-corrected chi connectivity index (χ3v) is 4.47. The van der Waals surface area contributed by atoms with Crippen LogP contribution in [0.4, 0.5) is 0 Å². The van der Waals surface area contributed by atoms with E-state index in [2.05, 4.69) is 11.9 Å². The van der Waals surface area contributed by atoms with Crippen molar-refractivity contribution in [3.8, 4) is 11.5 Å². The van der Waals surface area contributed by atoms with Gasteiger partial charge in [-0.1, -0.05) is 13.3 Å². The number of rotatable bonds is 6. The number of amides is 1. The summed E-state index contributed by atoms with van der Waals surface area (Å²) in [7, 11) is 6.36. The first-order valence-electron chi connectivity index (χ1n) is 8.25. The zero-order valence-corrected chi connectivity index (χ0v) is 15.6. The molecule has 1 amide bonds. The van der Waals surface area contributed by atoms with Crippen LogP contribution in [0.1, 0.15) is 37.2 Å². The van der Waals surface area contributed by atoms with Gasteiger partial charge in [0.15, 0.2) is 17.2 Å². The number of aryl methyl sites for hydroxylation is 1. The SMILES string of the molecule is CCC[C@H](C)N(C)C(=O)c1nc2cc(OC)c(OC)cc2n(C)c1=O. The summed E-state index contributed by atoms with van der Waals surface area (Å²) in [4.78, 5) is 31.3. The molecule has 0 fully saturated rings. The highest BCUT2D eigenvalue weighted by Gasteiger charge is 2.23. The van der Waals surface area contributed by atoms with E-state index in [0.29, 0.717) is 22.5 Å². The molecule has 0 aliphatic rings. The minimum Gasteiger partial charge on any atom is -0.493 e. The molecule has 2 aromatic rings. The van der Waals surface area contributed by atoms with Crippen LogP contribution in [-0.4, -0.2) is 47.7 Å². The van der Waals surface area contributed by atoms with Gasteiger partial charge >= 0.3 is 0 Å². The third kappa shape index (κ3) is 3.45. The van der Waals surface area contributed by atoms with E-state index in [1.54, 1.807) is 31.1 Å². The van der Waals surface area contributed by atoms with E-state index in [0.717, 1.165) is 12.8 Å². The Morgan fingerprint density at radius 3 is 2.44 bits per heavy atom. The van der Waals surface area contributed by atoms with E-state index in [-0.39, 0.29) is 17.6 Å². The Hall–Kier alpha value is -2.57. The summed E-state index contributed by atoms with van der Waals surface area (Å²) in [5, 5.41) is 0. The fraction of sp³-hybridized carbons (Fsp3) is 0.500. The van der Waals surface area contributed by atoms with Gasteiger partial charge in [-0.25, -0.2) is 4.98 Å². The monoisotopic (exact) mass is 347 g/mol. The van der Waals surface area contributed by atoms with Crippen LogP contribution in [0.5, 0.6) is 11.5 Å². The fourth-order valence-corrected chi connectivity index (χ4v) is 2.77. The van der Waals surface area contributed by atoms with Gasteiger partial charge < -0.3 is 18.9 Å². The van der Waals surface area contributed by atoms with E-state index in [1.807, 2.05) is 6.92 Å². The number of nitrogens with zero attached hydrogens (tertiary/aromatic N) is 3. The minimum absolute atomic E-state index is 0.0325. The molecule has 0 aliphatic carbocycles. The number of methoxy groups -OCH3 is 2. The van der Waals surface area contributed by atoms with Gasteiger partial charge in [-0.2, -0.15) is 0 Å². The molecule has 0 radical (unpaired) electrons. The van der Waals surface area contributed by atoms with Gasteiger partial charge in [0.25, 0.3) is 11.5 Å². The number of aromatic nitrogens is 2. The molecule has 25 heavy (non-hydrogen) atoms. The van der Waals surface area contributed by atoms with Crippen molar-refractivity contribution in [1.29, 1.82) is 0 Å². The lowest BCUT2D eigenvalue weighted by Gasteiger charge is -2.24. The Bertz CT molecular complexity index is 844. The standard InChI is InChI=1S/C18H25N3O4/c1-7-8-11(2)20(3)17(22)16-18(23)21(4)13-10-15(25-6)14(24-5)9-12(13)19-16/h9-11H,7-8H2,1-6H3/t11-/m0/s1. The molecular formula is C18H25N3O4. The first kappa shape index (κ1) is 18.8. The maximum atomic E-state index is 12.7. The van der Waals surface area contributed by atoms with Crippen LogP contribution in [-0.2, 0) is 7.05 Å². The van der Waals surface area contributed by atoms with E-state index < -0.39 is 5.56 Å². The zero-order chi connectivity index (χ0) is 18.7. The molecule has 2 rings (SSSR count). The molecule has 0 saturated carbocycles. The molecule has 1 heterocycles. The van der Waals surface area contributed by atoms with Crippen molar-refractivity contribution in [2.75, 3.05) is 21.3 Å². The molecule has 0 bridgehead atoms. The summed E-state index contributed by atoms with van der Waals surface area (Å²) >= 11 is 0. The lowest BCUT2D eigenvalue weighted by molar-refractivity contribution is 0.0728. The van der Waals surface area contributed by atoms with Crippen molar-refractivity contribution in [2.45, 2.75) is 32.7 Å². The summed E-state index contributed by atoms with van der Waals surface area (Å²) in [6, 6.07) is 3.38. The van der Waals surface area contributed by atoms with Gasteiger partial charge in [0.2, 0.25) is 0 Å². The Balaban J connectivity index is 2.60. The van der Waals surface area contributed by atoms with Crippen LogP contribution in [0, 0.1) is 0 Å². The van der Waals surface area contributed by atoms with E-state index in [9.17, 15) is 9.59 Å². The van der Waals surface area contributed by atoms with Crippen LogP contribution in [0.2, 0.25) is 0 Å². The van der Waals surface area contributed by atoms with Gasteiger partial charge in [-0.05, 0) is 13.3 Å². The van der Waals surface area contributed by atoms with Crippen molar-refractivity contribution < 1.29 is 14.3 Å². The molecule has 7 nitrogen and oxygen atoms in total. The van der Waals surface area contributed by atoms with E-state index in [4.69, 9.17) is 9.47 Å². The molecule has 0 unspecified atom stereocenters. The van der Waals surface area contributed by atoms with Crippen molar-refractivity contribution in [3.05, 3.63) is 28.2 Å². The largest absolute Gasteiger partial charge is 0.493 e. The van der Waals surface area contributed by atoms with Gasteiger partial charge in [-0.15, -0.1) is 0 Å². The molecule has 1 aromatic heterocycles. The predicted molar refractivity (Wildman–Crippen MR) is 96.6 cm³/mol. The van der Waals surface area contributed by atoms with Gasteiger partial charge in [-0.3, -0.25) is 9.59 Å². The molecule has 1 atom stereocenters. The van der Waals surface area contributed by atoms with Crippen molar-refractivity contribution in [3.63, 3.8) is 0 Å². The summed E-state index contributed by atoms with van der Waals surface area (Å²) in [5.41, 5.74) is 0.552. The molecule has 136 valence electrons. The smallest absolute Gasteiger partial charge is 0.282 e. The van der Waals surface area contributed by atoms with Crippen LogP contribution in [0.3, 0.4) is 0 Å². The second-order valence-electron chi connectivity index (χ2n) is 6.07. The van der Waals surface area contributed by atoms with Crippen LogP contribution < -0.4 is 15.0 Å². The average molecular weight is 347 g/mol. The lowest BCUT2D eigenvalue weighted by atomic mass is 10.1. The van der Waals surface area contributed by atoms with Crippen LogP contribution in [0.25, 0.3) is 11.0 Å². The quantitative estimate of drug-likeness (QED) is 0.801. The number of carbonyl (C=O) groups excluding carboxylic acids is 1. The van der Waals surface area contributed by atoms with Crippen LogP contribution in [0.15, 0.2) is 16.9 Å². The Kier molecular flexibility index (Phi) is 5.66. The summed E-state index contributed by atoms with van der Waals surface area (Å²) in [6.45, 7) is 4.02. The molecule has 0 spiro atoms. The first-order valence-corrected chi connectivity index (χ1v) is 8.25. The number of hydrogen-bond donors (Lipinski definition) is 0. The summed E-state index contributed by atoms with van der Waals surface area (Å²) < 4.78 is 12.0. The molecule has 1 aromatic carbocycles. The maximum absolute atomic E-state index is 12.7. The van der Waals surface area contributed by atoms with Crippen LogP contribution >= 0.6 is 0 Å². The average Bonchev–Trinajstić information content (AvgIpc) is 2.62. The number of benzene rings is 1. The fourth-order valence-electron chi connectivity index (χ4n) is 2.77. The van der Waals surface area contributed by atoms with Gasteiger partial charge in [0.05, 0.1) is 25.3 Å². The Labute approximate surface area is 147 Å². The second kappa shape index (κ2) is 7.55. The maximum Gasteiger partial charge on any atom is 0.282 e. The van der Waals surface area contributed by atoms with Gasteiger partial charge in [0, 0.05) is 32.3 Å². The van der Waals surface area contributed by atoms with Gasteiger partial charge in [0.1, 0.15) is 0 Å². The minimum atomic E-state index is -0.430. The summed E-state index contributed by atoms with van der Waals surface area (Å²) in [5.74, 6) is 0.616. The molecule has 0 saturated heterocycles. The van der Waals surface area contributed by atoms with E-state index >= 15 is 0 Å². The highest BCUT2D eigenvalue weighted by molar-refractivity contribution is 5.94. The molecular weight excluding hydrogens is 322 g/mol. The Morgan fingerprint density at radius 2 is 1.88 bits per heavy atom. The summed E-state index contributed by atoms with van der Waals surface area (Å²) in [6.07, 6.45) is 1.82. The topological polar surface area (TPSA) is 73.7 Å². The Morgan fingerprint density at radius 1 is 1.28 bits per heavy atom. The zero-order valence-electron chi connectivity index (χ0n) is 15.6. The number of carbonyl (C=O) groups is 1. The van der Waals surface area contributed by atoms with Crippen molar-refractivity contribution in [1.82, 2.24) is 14.5 Å².